The van der Waals surface area contributed by atoms with Gasteiger partial charge in [-0.1, -0.05) is 0 Å². The number of rotatable bonds is 3. The first kappa shape index (κ1) is 16.1. The number of hydrogen-bond acceptors (Lipinski definition) is 6. The molecule has 6 nitrogen and oxygen atoms in total. The lowest BCUT2D eigenvalue weighted by molar-refractivity contribution is -0.142. The Morgan fingerprint density at radius 1 is 1.42 bits per heavy atom. The van der Waals surface area contributed by atoms with E-state index in [0.717, 1.165) is 0 Å². The molecule has 1 fully saturated rings. The second-order valence-electron chi connectivity index (χ2n) is 5.43. The molecule has 0 aliphatic carbocycles. The van der Waals surface area contributed by atoms with Gasteiger partial charge in [-0.3, -0.25) is 10.1 Å². The van der Waals surface area contributed by atoms with Gasteiger partial charge in [-0.2, -0.15) is 0 Å². The summed E-state index contributed by atoms with van der Waals surface area (Å²) in [6.07, 6.45) is -0.455. The molecule has 0 aromatic carbocycles. The van der Waals surface area contributed by atoms with E-state index in [1.807, 2.05) is 27.7 Å². The van der Waals surface area contributed by atoms with Crippen LogP contribution >= 0.6 is 11.8 Å². The van der Waals surface area contributed by atoms with Gasteiger partial charge in [0.1, 0.15) is 11.6 Å². The van der Waals surface area contributed by atoms with E-state index < -0.39 is 11.7 Å². The number of esters is 1. The van der Waals surface area contributed by atoms with E-state index in [0.29, 0.717) is 5.75 Å². The summed E-state index contributed by atoms with van der Waals surface area (Å²) >= 11 is 1.58. The third kappa shape index (κ3) is 5.28. The number of ether oxygens (including phenoxy) is 2. The van der Waals surface area contributed by atoms with Crippen molar-refractivity contribution in [1.82, 2.24) is 10.6 Å². The van der Waals surface area contributed by atoms with Gasteiger partial charge >= 0.3 is 12.1 Å². The van der Waals surface area contributed by atoms with Crippen molar-refractivity contribution in [3.05, 3.63) is 0 Å². The van der Waals surface area contributed by atoms with Gasteiger partial charge in [0.25, 0.3) is 0 Å². The van der Waals surface area contributed by atoms with Crippen LogP contribution in [0.5, 0.6) is 0 Å². The van der Waals surface area contributed by atoms with Gasteiger partial charge < -0.3 is 14.8 Å². The molecule has 2 N–H and O–H groups in total. The average Bonchev–Trinajstić information content (AvgIpc) is 2.74. The van der Waals surface area contributed by atoms with E-state index >= 15 is 0 Å². The molecule has 1 aliphatic heterocycles. The maximum atomic E-state index is 11.6. The standard InChI is InChI=1S/C12H22N2O4S/c1-7(13-11(16)18-12(2,3)4)9-14-8(6-19-9)10(15)17-5/h7-9,14H,6H2,1-5H3,(H,13,16). The third-order valence-electron chi connectivity index (χ3n) is 2.49. The largest absolute Gasteiger partial charge is 0.468 e. The van der Waals surface area contributed by atoms with Crippen molar-refractivity contribution < 1.29 is 19.1 Å². The molecular weight excluding hydrogens is 268 g/mol. The number of amides is 1. The van der Waals surface area contributed by atoms with Gasteiger partial charge in [-0.05, 0) is 27.7 Å². The molecule has 1 saturated heterocycles. The Morgan fingerprint density at radius 3 is 2.58 bits per heavy atom. The summed E-state index contributed by atoms with van der Waals surface area (Å²) in [7, 11) is 1.37. The quantitative estimate of drug-likeness (QED) is 0.758. The summed E-state index contributed by atoms with van der Waals surface area (Å²) in [5, 5.41) is 5.86. The Hall–Kier alpha value is -0.950. The van der Waals surface area contributed by atoms with Crippen LogP contribution in [0.3, 0.4) is 0 Å². The lowest BCUT2D eigenvalue weighted by Crippen LogP contribution is -2.48. The van der Waals surface area contributed by atoms with Crippen LogP contribution in [0.1, 0.15) is 27.7 Å². The summed E-state index contributed by atoms with van der Waals surface area (Å²) in [5.74, 6) is 0.358. The number of alkyl carbamates (subject to hydrolysis) is 1. The Labute approximate surface area is 118 Å². The van der Waals surface area contributed by atoms with Crippen LogP contribution in [-0.4, -0.2) is 48.0 Å². The van der Waals surface area contributed by atoms with Crippen LogP contribution in [0.2, 0.25) is 0 Å². The van der Waals surface area contributed by atoms with Gasteiger partial charge in [0.05, 0.1) is 18.5 Å². The fourth-order valence-corrected chi connectivity index (χ4v) is 2.88. The van der Waals surface area contributed by atoms with Crippen molar-refractivity contribution in [2.75, 3.05) is 12.9 Å². The van der Waals surface area contributed by atoms with E-state index in [4.69, 9.17) is 4.74 Å². The second-order valence-corrected chi connectivity index (χ2v) is 6.61. The summed E-state index contributed by atoms with van der Waals surface area (Å²) in [6, 6.07) is -0.461. The van der Waals surface area contributed by atoms with Crippen LogP contribution in [0.15, 0.2) is 0 Å². The SMILES string of the molecule is COC(=O)C1CSC(C(C)NC(=O)OC(C)(C)C)N1. The molecule has 0 spiro atoms. The average molecular weight is 290 g/mol. The molecule has 3 unspecified atom stereocenters. The lowest BCUT2D eigenvalue weighted by atomic mass is 10.2. The molecule has 0 aromatic rings. The van der Waals surface area contributed by atoms with Crippen LogP contribution in [-0.2, 0) is 14.3 Å². The summed E-state index contributed by atoms with van der Waals surface area (Å²) in [6.45, 7) is 7.31. The zero-order valence-electron chi connectivity index (χ0n) is 12.0. The smallest absolute Gasteiger partial charge is 0.407 e. The number of carbonyl (C=O) groups is 2. The molecule has 0 radical (unpaired) electrons. The van der Waals surface area contributed by atoms with E-state index in [-0.39, 0.29) is 23.4 Å². The first-order valence-electron chi connectivity index (χ1n) is 6.18. The van der Waals surface area contributed by atoms with Crippen molar-refractivity contribution >= 4 is 23.8 Å². The van der Waals surface area contributed by atoms with Crippen molar-refractivity contribution in [2.24, 2.45) is 0 Å². The minimum Gasteiger partial charge on any atom is -0.468 e. The summed E-state index contributed by atoms with van der Waals surface area (Å²) in [4.78, 5) is 23.0. The molecule has 19 heavy (non-hydrogen) atoms. The highest BCUT2D eigenvalue weighted by atomic mass is 32.2. The van der Waals surface area contributed by atoms with Crippen molar-refractivity contribution in [2.45, 2.75) is 50.8 Å². The zero-order chi connectivity index (χ0) is 14.6. The fourth-order valence-electron chi connectivity index (χ4n) is 1.63. The Bertz CT molecular complexity index is 343. The summed E-state index contributed by atoms with van der Waals surface area (Å²) < 4.78 is 9.87. The number of thioether (sulfide) groups is 1. The van der Waals surface area contributed by atoms with Crippen LogP contribution in [0.4, 0.5) is 4.79 Å². The van der Waals surface area contributed by atoms with Gasteiger partial charge in [0, 0.05) is 5.75 Å². The number of hydrogen-bond donors (Lipinski definition) is 2. The molecule has 7 heteroatoms. The fraction of sp³-hybridized carbons (Fsp3) is 0.833. The van der Waals surface area contributed by atoms with Crippen LogP contribution in [0.25, 0.3) is 0 Å². The second kappa shape index (κ2) is 6.47. The molecule has 0 bridgehead atoms. The predicted molar refractivity (Wildman–Crippen MR) is 74.0 cm³/mol. The zero-order valence-corrected chi connectivity index (χ0v) is 12.8. The van der Waals surface area contributed by atoms with Gasteiger partial charge in [0.15, 0.2) is 0 Å². The van der Waals surface area contributed by atoms with E-state index in [2.05, 4.69) is 15.4 Å². The lowest BCUT2D eigenvalue weighted by Gasteiger charge is -2.24. The molecule has 3 atom stereocenters. The van der Waals surface area contributed by atoms with Gasteiger partial charge in [-0.25, -0.2) is 4.79 Å². The molecule has 1 heterocycles. The highest BCUT2D eigenvalue weighted by molar-refractivity contribution is 8.00. The van der Waals surface area contributed by atoms with Gasteiger partial charge in [0.2, 0.25) is 0 Å². The Kier molecular flexibility index (Phi) is 5.49. The number of carbonyl (C=O) groups excluding carboxylic acids is 2. The van der Waals surface area contributed by atoms with Crippen molar-refractivity contribution in [3.63, 3.8) is 0 Å². The van der Waals surface area contributed by atoms with Crippen molar-refractivity contribution in [3.8, 4) is 0 Å². The highest BCUT2D eigenvalue weighted by Gasteiger charge is 2.34. The minimum absolute atomic E-state index is 0.0309. The topological polar surface area (TPSA) is 76.7 Å². The Morgan fingerprint density at radius 2 is 2.05 bits per heavy atom. The van der Waals surface area contributed by atoms with E-state index in [1.165, 1.54) is 7.11 Å². The predicted octanol–water partition coefficient (Wildman–Crippen LogP) is 1.10. The van der Waals surface area contributed by atoms with Crippen LogP contribution in [0, 0.1) is 0 Å². The van der Waals surface area contributed by atoms with Crippen LogP contribution < -0.4 is 10.6 Å². The third-order valence-corrected chi connectivity index (χ3v) is 3.92. The van der Waals surface area contributed by atoms with E-state index in [9.17, 15) is 9.59 Å². The molecule has 0 saturated carbocycles. The maximum absolute atomic E-state index is 11.6. The van der Waals surface area contributed by atoms with E-state index in [1.54, 1.807) is 11.8 Å². The molecule has 1 rings (SSSR count). The first-order chi connectivity index (χ1) is 8.73. The normalized spacial score (nSPS) is 24.7. The molecular formula is C12H22N2O4S. The number of nitrogens with one attached hydrogen (secondary N) is 2. The minimum atomic E-state index is -0.519. The molecule has 0 aromatic heterocycles. The number of methoxy groups -OCH3 is 1. The molecule has 1 amide bonds. The summed E-state index contributed by atoms with van der Waals surface area (Å²) in [5.41, 5.74) is -0.519. The van der Waals surface area contributed by atoms with Gasteiger partial charge in [-0.15, -0.1) is 11.8 Å². The highest BCUT2D eigenvalue weighted by Crippen LogP contribution is 2.22. The molecule has 110 valence electrons. The molecule has 1 aliphatic rings. The first-order valence-corrected chi connectivity index (χ1v) is 7.23. The Balaban J connectivity index is 2.41. The van der Waals surface area contributed by atoms with Crippen molar-refractivity contribution in [1.29, 1.82) is 0 Å². The maximum Gasteiger partial charge on any atom is 0.407 e. The monoisotopic (exact) mass is 290 g/mol.